The molecule has 1 unspecified atom stereocenters. The molecule has 1 atom stereocenters. The molecule has 0 aliphatic heterocycles. The number of rotatable bonds is 6. The number of benzene rings is 3. The monoisotopic (exact) mass is 484 g/mol. The molecule has 1 aromatic heterocycles. The molecule has 0 saturated carbocycles. The highest BCUT2D eigenvalue weighted by Crippen LogP contribution is 2.22. The molecule has 1 amide bonds. The first-order valence-corrected chi connectivity index (χ1v) is 12.4. The fraction of sp³-hybridized carbons (Fsp3) is 0.333. The summed E-state index contributed by atoms with van der Waals surface area (Å²) in [5, 5.41) is 0. The van der Waals surface area contributed by atoms with Crippen LogP contribution >= 0.6 is 0 Å². The molecular formula is C30H36N4O2. The van der Waals surface area contributed by atoms with Crippen LogP contribution in [-0.2, 0) is 17.7 Å². The summed E-state index contributed by atoms with van der Waals surface area (Å²) in [6, 6.07) is 24.9. The van der Waals surface area contributed by atoms with Crippen molar-refractivity contribution in [2.45, 2.75) is 59.2 Å². The number of hydrogen-bond acceptors (Lipinski definition) is 3. The molecule has 0 bridgehead atoms. The van der Waals surface area contributed by atoms with Gasteiger partial charge in [0.15, 0.2) is 0 Å². The van der Waals surface area contributed by atoms with Gasteiger partial charge in [-0.05, 0) is 64.3 Å². The number of hydrogen-bond donors (Lipinski definition) is 1. The topological polar surface area (TPSA) is 74.5 Å². The van der Waals surface area contributed by atoms with Crippen molar-refractivity contribution in [3.8, 4) is 0 Å². The number of ether oxygens (including phenoxy) is 1. The average Bonchev–Trinajstić information content (AvgIpc) is 3.11. The van der Waals surface area contributed by atoms with Gasteiger partial charge in [0.2, 0.25) is 5.62 Å². The largest absolute Gasteiger partial charge is 0.442 e. The molecule has 188 valence electrons. The van der Waals surface area contributed by atoms with Crippen molar-refractivity contribution in [2.24, 2.45) is 10.7 Å². The number of carbonyl (C=O) groups excluding carboxylic acids is 1. The summed E-state index contributed by atoms with van der Waals surface area (Å²) >= 11 is 0. The number of nitrogens with two attached hydrogens (primary N) is 1. The Bertz CT molecular complexity index is 1400. The minimum atomic E-state index is -0.644. The van der Waals surface area contributed by atoms with Crippen molar-refractivity contribution >= 4 is 17.1 Å². The Morgan fingerprint density at radius 3 is 2.00 bits per heavy atom. The second kappa shape index (κ2) is 10.5. The molecule has 0 radical (unpaired) electrons. The zero-order chi connectivity index (χ0) is 25.9. The Hall–Kier alpha value is -3.64. The zero-order valence-corrected chi connectivity index (χ0v) is 21.9. The first-order chi connectivity index (χ1) is 17.1. The van der Waals surface area contributed by atoms with Crippen LogP contribution in [0.15, 0.2) is 77.8 Å². The van der Waals surface area contributed by atoms with Crippen LogP contribution < -0.4 is 11.4 Å². The summed E-state index contributed by atoms with van der Waals surface area (Å²) in [6.07, 6.45) is 0.104. The molecule has 36 heavy (non-hydrogen) atoms. The molecule has 3 aromatic carbocycles. The lowest BCUT2D eigenvalue weighted by Crippen LogP contribution is -2.35. The molecule has 6 heteroatoms. The van der Waals surface area contributed by atoms with Crippen LogP contribution in [-0.4, -0.2) is 27.4 Å². The van der Waals surface area contributed by atoms with E-state index in [1.807, 2.05) is 32.9 Å². The number of aromatic nitrogens is 2. The summed E-state index contributed by atoms with van der Waals surface area (Å²) in [4.78, 5) is 17.5. The van der Waals surface area contributed by atoms with E-state index < -0.39 is 11.7 Å². The normalized spacial score (nSPS) is 13.2. The van der Waals surface area contributed by atoms with Gasteiger partial charge in [-0.1, -0.05) is 71.8 Å². The number of aryl methyl sites for hydroxylation is 2. The van der Waals surface area contributed by atoms with Crippen molar-refractivity contribution in [1.82, 2.24) is 9.13 Å². The zero-order valence-electron chi connectivity index (χ0n) is 21.9. The maximum atomic E-state index is 13.0. The Labute approximate surface area is 213 Å². The molecule has 4 rings (SSSR count). The molecule has 0 saturated heterocycles. The molecule has 6 nitrogen and oxygen atoms in total. The first kappa shape index (κ1) is 25.5. The maximum absolute atomic E-state index is 13.0. The van der Waals surface area contributed by atoms with Gasteiger partial charge in [-0.25, -0.2) is 4.79 Å². The summed E-state index contributed by atoms with van der Waals surface area (Å²) < 4.78 is 9.78. The second-order valence-electron chi connectivity index (χ2n) is 10.4. The minimum absolute atomic E-state index is 0.0990. The van der Waals surface area contributed by atoms with Crippen LogP contribution in [0.4, 0.5) is 4.79 Å². The third-order valence-corrected chi connectivity index (χ3v) is 6.16. The van der Waals surface area contributed by atoms with Gasteiger partial charge in [0.1, 0.15) is 5.60 Å². The van der Waals surface area contributed by atoms with Gasteiger partial charge >= 0.3 is 6.09 Å². The van der Waals surface area contributed by atoms with Crippen LogP contribution in [0.25, 0.3) is 11.0 Å². The summed E-state index contributed by atoms with van der Waals surface area (Å²) in [5.74, 6) is 0. The highest BCUT2D eigenvalue weighted by Gasteiger charge is 2.22. The second-order valence-corrected chi connectivity index (χ2v) is 10.4. The van der Waals surface area contributed by atoms with Gasteiger partial charge in [-0.2, -0.15) is 0 Å². The Kier molecular flexibility index (Phi) is 7.45. The van der Waals surface area contributed by atoms with E-state index >= 15 is 0 Å². The van der Waals surface area contributed by atoms with Crippen molar-refractivity contribution in [1.29, 1.82) is 0 Å². The van der Waals surface area contributed by atoms with Crippen molar-refractivity contribution in [2.75, 3.05) is 6.54 Å². The molecule has 1 heterocycles. The SMILES string of the molecule is Cc1ccc(CC(CN)n2/c(=N/C(=O)OC(C)(C)C)n(Cc3ccc(C)cc3)c3ccccc32)cc1. The van der Waals surface area contributed by atoms with Crippen LogP contribution in [0.2, 0.25) is 0 Å². The number of fused-ring (bicyclic) bond motifs is 1. The highest BCUT2D eigenvalue weighted by molar-refractivity contribution is 5.77. The molecule has 2 N–H and O–H groups in total. The van der Waals surface area contributed by atoms with Crippen LogP contribution in [0.5, 0.6) is 0 Å². The molecule has 0 aliphatic rings. The van der Waals surface area contributed by atoms with E-state index in [-0.39, 0.29) is 6.04 Å². The third kappa shape index (κ3) is 5.94. The fourth-order valence-corrected chi connectivity index (χ4v) is 4.39. The number of carbonyl (C=O) groups is 1. The Morgan fingerprint density at radius 2 is 1.44 bits per heavy atom. The summed E-state index contributed by atoms with van der Waals surface area (Å²) in [6.45, 7) is 10.6. The smallest absolute Gasteiger partial charge is 0.437 e. The third-order valence-electron chi connectivity index (χ3n) is 6.16. The molecule has 0 aliphatic carbocycles. The van der Waals surface area contributed by atoms with E-state index in [9.17, 15) is 4.79 Å². The van der Waals surface area contributed by atoms with Crippen LogP contribution in [0.3, 0.4) is 0 Å². The van der Waals surface area contributed by atoms with Crippen molar-refractivity contribution < 1.29 is 9.53 Å². The number of nitrogens with zero attached hydrogens (tertiary/aromatic N) is 3. The number of amides is 1. The van der Waals surface area contributed by atoms with Crippen molar-refractivity contribution in [3.05, 3.63) is 101 Å². The van der Waals surface area contributed by atoms with Gasteiger partial charge in [0.05, 0.1) is 23.6 Å². The maximum Gasteiger partial charge on any atom is 0.437 e. The van der Waals surface area contributed by atoms with E-state index in [2.05, 4.69) is 88.6 Å². The van der Waals surface area contributed by atoms with Gasteiger partial charge in [0.25, 0.3) is 0 Å². The standard InChI is InChI=1S/C30H36N4O2/c1-21-10-14-23(15-11-21)18-25(19-31)34-27-9-7-6-8-26(27)33(20-24-16-12-22(2)13-17-24)28(34)32-29(35)36-30(3,4)5/h6-17,25H,18-20,31H2,1-5H3/b32-28+. The van der Waals surface area contributed by atoms with E-state index in [4.69, 9.17) is 10.5 Å². The van der Waals surface area contributed by atoms with E-state index in [0.717, 1.165) is 23.0 Å². The van der Waals surface area contributed by atoms with E-state index in [0.29, 0.717) is 18.7 Å². The van der Waals surface area contributed by atoms with Crippen LogP contribution in [0.1, 0.15) is 49.1 Å². The Balaban J connectivity index is 1.92. The van der Waals surface area contributed by atoms with Gasteiger partial charge in [0, 0.05) is 6.54 Å². The molecule has 4 aromatic rings. The molecular weight excluding hydrogens is 448 g/mol. The van der Waals surface area contributed by atoms with Crippen molar-refractivity contribution in [3.63, 3.8) is 0 Å². The lowest BCUT2D eigenvalue weighted by molar-refractivity contribution is 0.0593. The summed E-state index contributed by atoms with van der Waals surface area (Å²) in [5.41, 5.74) is 12.9. The van der Waals surface area contributed by atoms with Gasteiger partial charge in [-0.3, -0.25) is 0 Å². The van der Waals surface area contributed by atoms with E-state index in [1.165, 1.54) is 16.7 Å². The van der Waals surface area contributed by atoms with Gasteiger partial charge < -0.3 is 19.6 Å². The quantitative estimate of drug-likeness (QED) is 0.382. The average molecular weight is 485 g/mol. The first-order valence-electron chi connectivity index (χ1n) is 12.4. The fourth-order valence-electron chi connectivity index (χ4n) is 4.39. The minimum Gasteiger partial charge on any atom is -0.442 e. The van der Waals surface area contributed by atoms with Crippen LogP contribution in [0, 0.1) is 13.8 Å². The number of para-hydroxylation sites is 2. The lowest BCUT2D eigenvalue weighted by atomic mass is 10.0. The molecule has 0 spiro atoms. The van der Waals surface area contributed by atoms with E-state index in [1.54, 1.807) is 0 Å². The highest BCUT2D eigenvalue weighted by atomic mass is 16.6. The van der Waals surface area contributed by atoms with Gasteiger partial charge in [-0.15, -0.1) is 4.99 Å². The number of imidazole rings is 1. The Morgan fingerprint density at radius 1 is 0.889 bits per heavy atom. The predicted molar refractivity (Wildman–Crippen MR) is 145 cm³/mol. The summed E-state index contributed by atoms with van der Waals surface area (Å²) in [7, 11) is 0. The predicted octanol–water partition coefficient (Wildman–Crippen LogP) is 5.69. The molecule has 0 fully saturated rings. The lowest BCUT2D eigenvalue weighted by Gasteiger charge is -2.20.